The lowest BCUT2D eigenvalue weighted by molar-refractivity contribution is -0.144. The topological polar surface area (TPSA) is 158 Å². The van der Waals surface area contributed by atoms with Crippen molar-refractivity contribution in [1.29, 1.82) is 0 Å². The Kier molecular flexibility index (Phi) is 29.8. The van der Waals surface area contributed by atoms with Gasteiger partial charge in [0.2, 0.25) is 24.1 Å². The monoisotopic (exact) mass is 794 g/mol. The molecule has 1 fully saturated rings. The molecule has 2 rings (SSSR count). The van der Waals surface area contributed by atoms with E-state index in [4.69, 9.17) is 14.6 Å². The molecule has 13 heteroatoms. The van der Waals surface area contributed by atoms with E-state index in [2.05, 4.69) is 65.9 Å². The number of rotatable bonds is 19. The van der Waals surface area contributed by atoms with Crippen LogP contribution in [0.3, 0.4) is 0 Å². The number of hydrogen-bond acceptors (Lipinski definition) is 8. The first kappa shape index (κ1) is 54.5. The molecular formula is C43H79N5O8. The van der Waals surface area contributed by atoms with Crippen LogP contribution in [0, 0.1) is 24.7 Å². The number of hydrogen-bond donors (Lipinski definition) is 3. The Morgan fingerprint density at radius 2 is 1.50 bits per heavy atom. The normalized spacial score (nSPS) is 16.2. The molecule has 0 radical (unpaired) electrons. The lowest BCUT2D eigenvalue weighted by Crippen LogP contribution is -2.55. The Morgan fingerprint density at radius 1 is 0.929 bits per heavy atom. The Balaban J connectivity index is 0. The number of ether oxygens (including phenoxy) is 2. The van der Waals surface area contributed by atoms with Crippen molar-refractivity contribution >= 4 is 30.1 Å². The number of carbonyl (C=O) groups is 5. The lowest BCUT2D eigenvalue weighted by Gasteiger charge is -2.39. The summed E-state index contributed by atoms with van der Waals surface area (Å²) in [6, 6.07) is 9.88. The molecule has 0 saturated carbocycles. The lowest BCUT2D eigenvalue weighted by atomic mass is 9.90. The van der Waals surface area contributed by atoms with Gasteiger partial charge in [0, 0.05) is 33.9 Å². The van der Waals surface area contributed by atoms with Gasteiger partial charge in [0.15, 0.2) is 0 Å². The molecule has 4 amide bonds. The summed E-state index contributed by atoms with van der Waals surface area (Å²) in [5.41, 5.74) is 1.32. The quantitative estimate of drug-likeness (QED) is 0.151. The summed E-state index contributed by atoms with van der Waals surface area (Å²) in [6.07, 6.45) is 4.01. The summed E-state index contributed by atoms with van der Waals surface area (Å²) in [7, 11) is 7.01. The third-order valence-corrected chi connectivity index (χ3v) is 9.90. The van der Waals surface area contributed by atoms with Crippen LogP contribution in [0.15, 0.2) is 30.3 Å². The molecule has 3 N–H and O–H groups in total. The summed E-state index contributed by atoms with van der Waals surface area (Å²) in [6.45, 7) is 23.2. The number of aliphatic carboxylic acids is 1. The van der Waals surface area contributed by atoms with Gasteiger partial charge in [-0.15, -0.1) is 0 Å². The van der Waals surface area contributed by atoms with Crippen LogP contribution < -0.4 is 10.6 Å². The van der Waals surface area contributed by atoms with Gasteiger partial charge < -0.3 is 35.0 Å². The minimum absolute atomic E-state index is 0.0138. The molecule has 0 aliphatic carbocycles. The van der Waals surface area contributed by atoms with Crippen LogP contribution in [-0.2, 0) is 33.4 Å². The second-order valence-corrected chi connectivity index (χ2v) is 15.5. The third kappa shape index (κ3) is 20.6. The van der Waals surface area contributed by atoms with Crippen LogP contribution in [0.5, 0.6) is 0 Å². The van der Waals surface area contributed by atoms with Crippen LogP contribution in [0.2, 0.25) is 0 Å². The average Bonchev–Trinajstić information content (AvgIpc) is 3.63. The molecule has 0 bridgehead atoms. The van der Waals surface area contributed by atoms with E-state index in [9.17, 15) is 24.0 Å². The van der Waals surface area contributed by atoms with Gasteiger partial charge >= 0.3 is 5.97 Å². The molecule has 0 spiro atoms. The standard InChI is InChI=1S/C30H58N4O5.C7H8.C3H5NO3.C3H8/c1-13-22(8)28(33(10)26(36)18-31-30(37)27(19(2)3)32(9)21(6)7)24(38-11)17-25(35)34-16-14-15-23(34)29(39-12)20(4)5;1-7-5-3-2-4-6-7;5-2-4-1-3(6)7;1-3-2/h19-24,27-29H,13-18H2,1-12H3,(H,31,37);2-6H,1H3;2H,1H2,(H,4,5)(H,6,7);3H2,1-2H3. The number of carboxylic acids is 1. The number of nitrogens with zero attached hydrogens (tertiary/aromatic N) is 3. The summed E-state index contributed by atoms with van der Waals surface area (Å²) < 4.78 is 11.7. The first-order valence-electron chi connectivity index (χ1n) is 20.3. The molecule has 6 unspecified atom stereocenters. The molecule has 56 heavy (non-hydrogen) atoms. The molecule has 1 heterocycles. The van der Waals surface area contributed by atoms with Crippen LogP contribution in [0.1, 0.15) is 107 Å². The molecule has 1 aliphatic rings. The number of benzene rings is 1. The maximum atomic E-state index is 13.6. The third-order valence-electron chi connectivity index (χ3n) is 9.90. The Labute approximate surface area is 339 Å². The zero-order valence-electron chi connectivity index (χ0n) is 37.5. The van der Waals surface area contributed by atoms with E-state index in [1.54, 1.807) is 26.2 Å². The van der Waals surface area contributed by atoms with Crippen molar-refractivity contribution in [1.82, 2.24) is 25.3 Å². The van der Waals surface area contributed by atoms with E-state index >= 15 is 0 Å². The van der Waals surface area contributed by atoms with Crippen molar-refractivity contribution in [3.05, 3.63) is 35.9 Å². The highest BCUT2D eigenvalue weighted by atomic mass is 16.5. The van der Waals surface area contributed by atoms with Crippen LogP contribution in [-0.4, -0.2) is 134 Å². The van der Waals surface area contributed by atoms with Gasteiger partial charge in [0.05, 0.1) is 43.3 Å². The number of amides is 4. The SMILES string of the molecule is CCC.CCC(C)C(C(CC(=O)N1CCCC1C(OC)C(C)C)OC)N(C)C(=O)CNC(=O)C(C(C)C)N(C)C(C)C.Cc1ccccc1.O=CNCC(=O)O. The first-order valence-corrected chi connectivity index (χ1v) is 20.3. The van der Waals surface area contributed by atoms with Crippen molar-refractivity contribution in [3.8, 4) is 0 Å². The van der Waals surface area contributed by atoms with Gasteiger partial charge in [-0.25, -0.2) is 0 Å². The van der Waals surface area contributed by atoms with Gasteiger partial charge in [-0.05, 0) is 58.4 Å². The fourth-order valence-corrected chi connectivity index (χ4v) is 6.69. The van der Waals surface area contributed by atoms with Gasteiger partial charge in [-0.1, -0.05) is 104 Å². The maximum absolute atomic E-state index is 13.6. The minimum atomic E-state index is -1.04. The zero-order chi connectivity index (χ0) is 43.5. The minimum Gasteiger partial charge on any atom is -0.480 e. The van der Waals surface area contributed by atoms with E-state index in [1.165, 1.54) is 12.0 Å². The van der Waals surface area contributed by atoms with Crippen molar-refractivity contribution in [2.75, 3.05) is 47.9 Å². The van der Waals surface area contributed by atoms with Crippen molar-refractivity contribution in [2.24, 2.45) is 17.8 Å². The summed E-state index contributed by atoms with van der Waals surface area (Å²) >= 11 is 0. The zero-order valence-corrected chi connectivity index (χ0v) is 37.5. The van der Waals surface area contributed by atoms with Gasteiger partial charge in [0.1, 0.15) is 6.54 Å². The molecule has 6 atom stereocenters. The second-order valence-electron chi connectivity index (χ2n) is 15.5. The Bertz CT molecular complexity index is 1230. The van der Waals surface area contributed by atoms with E-state index in [0.29, 0.717) is 18.9 Å². The molecule has 0 aromatic heterocycles. The van der Waals surface area contributed by atoms with Crippen LogP contribution >= 0.6 is 0 Å². The van der Waals surface area contributed by atoms with E-state index in [-0.39, 0.29) is 79.3 Å². The fourth-order valence-electron chi connectivity index (χ4n) is 6.69. The van der Waals surface area contributed by atoms with Crippen LogP contribution in [0.25, 0.3) is 0 Å². The highest BCUT2D eigenvalue weighted by Gasteiger charge is 2.40. The van der Waals surface area contributed by atoms with Gasteiger partial charge in [-0.3, -0.25) is 28.9 Å². The highest BCUT2D eigenvalue weighted by Crippen LogP contribution is 2.29. The smallest absolute Gasteiger partial charge is 0.322 e. The number of methoxy groups -OCH3 is 2. The molecule has 1 aromatic carbocycles. The highest BCUT2D eigenvalue weighted by molar-refractivity contribution is 5.87. The number of carbonyl (C=O) groups excluding carboxylic acids is 4. The number of likely N-dealkylation sites (N-methyl/N-ethyl adjacent to an activating group) is 2. The van der Waals surface area contributed by atoms with E-state index < -0.39 is 12.1 Å². The number of carboxylic acid groups (broad SMARTS) is 1. The molecule has 324 valence electrons. The summed E-state index contributed by atoms with van der Waals surface area (Å²) in [5.74, 6) is -0.854. The van der Waals surface area contributed by atoms with E-state index in [1.807, 2.05) is 68.1 Å². The largest absolute Gasteiger partial charge is 0.480 e. The number of nitrogens with one attached hydrogen (secondary N) is 2. The summed E-state index contributed by atoms with van der Waals surface area (Å²) in [5, 5.41) is 12.7. The van der Waals surface area contributed by atoms with Crippen molar-refractivity contribution in [3.63, 3.8) is 0 Å². The fraction of sp³-hybridized carbons (Fsp3) is 0.744. The Hall–Kier alpha value is -3.55. The molecule has 1 aromatic rings. The van der Waals surface area contributed by atoms with Gasteiger partial charge in [-0.2, -0.15) is 0 Å². The molecule has 1 saturated heterocycles. The molecular weight excluding hydrogens is 714 g/mol. The average molecular weight is 794 g/mol. The first-order chi connectivity index (χ1) is 26.3. The molecule has 13 nitrogen and oxygen atoms in total. The Morgan fingerprint density at radius 3 is 1.88 bits per heavy atom. The number of aryl methyl sites for hydroxylation is 1. The molecule has 1 aliphatic heterocycles. The maximum Gasteiger partial charge on any atom is 0.322 e. The van der Waals surface area contributed by atoms with Crippen molar-refractivity contribution in [2.45, 2.75) is 145 Å². The van der Waals surface area contributed by atoms with Crippen molar-refractivity contribution < 1.29 is 38.6 Å². The van der Waals surface area contributed by atoms with Crippen LogP contribution in [0.4, 0.5) is 0 Å². The van der Waals surface area contributed by atoms with E-state index in [0.717, 1.165) is 19.3 Å². The van der Waals surface area contributed by atoms with Gasteiger partial charge in [0.25, 0.3) is 0 Å². The second kappa shape index (κ2) is 30.6. The number of likely N-dealkylation sites (tertiary alicyclic amines) is 1. The summed E-state index contributed by atoms with van der Waals surface area (Å²) in [4.78, 5) is 64.5. The predicted octanol–water partition coefficient (Wildman–Crippen LogP) is 5.64. The predicted molar refractivity (Wildman–Crippen MR) is 225 cm³/mol.